The van der Waals surface area contributed by atoms with E-state index in [1.165, 1.54) is 6.42 Å². The maximum absolute atomic E-state index is 15.2. The first kappa shape index (κ1) is 14.3. The normalized spacial score (nSPS) is 53.8. The van der Waals surface area contributed by atoms with Crippen molar-refractivity contribution in [3.63, 3.8) is 0 Å². The molecule has 124 valence electrons. The highest BCUT2D eigenvalue weighted by Crippen LogP contribution is 2.65. The number of halogens is 1. The zero-order valence-electron chi connectivity index (χ0n) is 13.8. The Bertz CT molecular complexity index is 597. The Morgan fingerprint density at radius 2 is 1.91 bits per heavy atom. The summed E-state index contributed by atoms with van der Waals surface area (Å²) in [5.74, 6) is 1.57. The summed E-state index contributed by atoms with van der Waals surface area (Å²) in [4.78, 5) is 18.8. The predicted octanol–water partition coefficient (Wildman–Crippen LogP) is 3.80. The van der Waals surface area contributed by atoms with Crippen molar-refractivity contribution in [1.82, 2.24) is 4.90 Å². The van der Waals surface area contributed by atoms with Crippen LogP contribution < -0.4 is 0 Å². The molecule has 1 heterocycles. The molecular weight excluding hydrogens is 291 g/mol. The van der Waals surface area contributed by atoms with Crippen molar-refractivity contribution in [3.05, 3.63) is 11.4 Å². The summed E-state index contributed by atoms with van der Waals surface area (Å²) in [6.45, 7) is 9.43. The molecule has 0 aromatic carbocycles. The topological polar surface area (TPSA) is 24.7 Å². The summed E-state index contributed by atoms with van der Waals surface area (Å²) in [7, 11) is 0. The molecule has 23 heavy (non-hydrogen) atoms. The van der Waals surface area contributed by atoms with E-state index in [0.29, 0.717) is 30.2 Å². The van der Waals surface area contributed by atoms with E-state index in [1.807, 2.05) is 11.8 Å². The molecule has 6 rings (SSSR count). The van der Waals surface area contributed by atoms with Crippen molar-refractivity contribution in [2.75, 3.05) is 0 Å². The first-order valence-electron chi connectivity index (χ1n) is 9.31. The van der Waals surface area contributed by atoms with Crippen LogP contribution in [0.4, 0.5) is 4.39 Å². The molecule has 6 atom stereocenters. The number of piperidine rings is 1. The minimum Gasteiger partial charge on any atom is -0.290 e. The highest BCUT2D eigenvalue weighted by atomic mass is 19.1. The van der Waals surface area contributed by atoms with Gasteiger partial charge in [-0.2, -0.15) is 0 Å². The average Bonchev–Trinajstić information content (AvgIpc) is 3.14. The quantitative estimate of drug-likeness (QED) is 0.711. The lowest BCUT2D eigenvalue weighted by atomic mass is 9.45. The fraction of sp³-hybridized carbons (Fsp3) is 0.895. The van der Waals surface area contributed by atoms with Crippen molar-refractivity contribution in [3.8, 4) is 0 Å². The van der Waals surface area contributed by atoms with E-state index in [4.69, 9.17) is 6.57 Å². The zero-order chi connectivity index (χ0) is 16.0. The van der Waals surface area contributed by atoms with Gasteiger partial charge < -0.3 is 0 Å². The van der Waals surface area contributed by atoms with Gasteiger partial charge in [-0.3, -0.25) is 14.5 Å². The second kappa shape index (κ2) is 4.29. The highest BCUT2D eigenvalue weighted by molar-refractivity contribution is 5.81. The van der Waals surface area contributed by atoms with E-state index in [9.17, 15) is 4.79 Å². The Morgan fingerprint density at radius 1 is 1.22 bits per heavy atom. The molecule has 4 heteroatoms. The molecule has 6 fully saturated rings. The molecule has 3 unspecified atom stereocenters. The Labute approximate surface area is 137 Å². The minimum atomic E-state index is -1.01. The summed E-state index contributed by atoms with van der Waals surface area (Å²) < 4.78 is 15.2. The van der Waals surface area contributed by atoms with Crippen LogP contribution in [0.15, 0.2) is 0 Å². The number of alkyl halides is 1. The number of carbonyl (C=O) groups excluding carboxylic acids is 1. The smallest absolute Gasteiger partial charge is 0.290 e. The van der Waals surface area contributed by atoms with Gasteiger partial charge >= 0.3 is 6.17 Å². The maximum Gasteiger partial charge on any atom is 0.301 e. The van der Waals surface area contributed by atoms with E-state index < -0.39 is 5.67 Å². The summed E-state index contributed by atoms with van der Waals surface area (Å²) >= 11 is 0. The molecule has 0 aromatic rings. The van der Waals surface area contributed by atoms with Gasteiger partial charge in [-0.05, 0) is 68.1 Å². The standard InChI is InChI=1S/C19H25FN2O/c1-11(17(23)22-15-4-14(15)5-16(22)21-2)18-6-12-3-13(7-18)9-19(20,8-12)10-18/h11-16H,3-10H2,1H3/t11-,12?,13?,14+,15+,16?,18?,19?/m1/s1. The summed E-state index contributed by atoms with van der Waals surface area (Å²) in [5, 5.41) is 0. The third-order valence-corrected chi connectivity index (χ3v) is 7.80. The molecule has 1 amide bonds. The third kappa shape index (κ3) is 1.88. The summed E-state index contributed by atoms with van der Waals surface area (Å²) in [6, 6.07) is 0.317. The molecule has 1 saturated heterocycles. The Balaban J connectivity index is 1.43. The Morgan fingerprint density at radius 3 is 2.52 bits per heavy atom. The largest absolute Gasteiger partial charge is 0.301 e. The molecule has 5 aliphatic carbocycles. The molecule has 3 nitrogen and oxygen atoms in total. The first-order chi connectivity index (χ1) is 10.9. The van der Waals surface area contributed by atoms with E-state index in [-0.39, 0.29) is 23.4 Å². The van der Waals surface area contributed by atoms with Gasteiger partial charge in [-0.25, -0.2) is 11.0 Å². The fourth-order valence-electron chi connectivity index (χ4n) is 7.07. The molecule has 5 saturated carbocycles. The van der Waals surface area contributed by atoms with Crippen molar-refractivity contribution in [2.24, 2.45) is 29.1 Å². The third-order valence-electron chi connectivity index (χ3n) is 7.80. The van der Waals surface area contributed by atoms with E-state index in [0.717, 1.165) is 38.5 Å². The van der Waals surface area contributed by atoms with Crippen molar-refractivity contribution in [2.45, 2.75) is 76.2 Å². The number of rotatable bonds is 2. The molecule has 0 N–H and O–H groups in total. The first-order valence-corrected chi connectivity index (χ1v) is 9.31. The minimum absolute atomic E-state index is 0.118. The Kier molecular flexibility index (Phi) is 2.66. The number of nitrogens with zero attached hydrogens (tertiary/aromatic N) is 2. The van der Waals surface area contributed by atoms with Crippen LogP contribution in [0.5, 0.6) is 0 Å². The van der Waals surface area contributed by atoms with Gasteiger partial charge in [0.15, 0.2) is 0 Å². The number of likely N-dealkylation sites (tertiary alicyclic amines) is 1. The SMILES string of the molecule is [C-]#[N+]C1C[C@@H]2C[C@@H]2N1C(=O)[C@@H](C)C12CC3CC(CC(F)(C3)C1)C2. The van der Waals surface area contributed by atoms with Gasteiger partial charge in [0.25, 0.3) is 0 Å². The average molecular weight is 316 g/mol. The van der Waals surface area contributed by atoms with Gasteiger partial charge in [0.05, 0.1) is 0 Å². The number of hydrogen-bond acceptors (Lipinski definition) is 1. The van der Waals surface area contributed by atoms with E-state index in [1.54, 1.807) is 0 Å². The van der Waals surface area contributed by atoms with Crippen molar-refractivity contribution < 1.29 is 9.18 Å². The lowest BCUT2D eigenvalue weighted by Crippen LogP contribution is -2.58. The van der Waals surface area contributed by atoms with Gasteiger partial charge in [-0.1, -0.05) is 6.92 Å². The molecular formula is C19H25FN2O. The van der Waals surface area contributed by atoms with Crippen LogP contribution >= 0.6 is 0 Å². The molecule has 0 radical (unpaired) electrons. The van der Waals surface area contributed by atoms with Crippen LogP contribution in [0, 0.1) is 35.7 Å². The van der Waals surface area contributed by atoms with E-state index >= 15 is 4.39 Å². The van der Waals surface area contributed by atoms with Crippen LogP contribution in [0.3, 0.4) is 0 Å². The zero-order valence-corrected chi connectivity index (χ0v) is 13.8. The lowest BCUT2D eigenvalue weighted by molar-refractivity contribution is -0.165. The molecule has 1 aliphatic heterocycles. The second-order valence-electron chi connectivity index (χ2n) is 9.35. The number of hydrogen-bond donors (Lipinski definition) is 0. The maximum atomic E-state index is 15.2. The van der Waals surface area contributed by atoms with Gasteiger partial charge in [-0.15, -0.1) is 0 Å². The van der Waals surface area contributed by atoms with Gasteiger partial charge in [0.2, 0.25) is 5.91 Å². The van der Waals surface area contributed by atoms with E-state index in [2.05, 4.69) is 4.85 Å². The summed E-state index contributed by atoms with van der Waals surface area (Å²) in [5.41, 5.74) is -1.14. The van der Waals surface area contributed by atoms with Crippen LogP contribution in [0.2, 0.25) is 0 Å². The lowest BCUT2D eigenvalue weighted by Gasteiger charge is -2.61. The monoisotopic (exact) mass is 316 g/mol. The van der Waals surface area contributed by atoms with Crippen LogP contribution in [0.25, 0.3) is 4.85 Å². The predicted molar refractivity (Wildman–Crippen MR) is 83.9 cm³/mol. The van der Waals surface area contributed by atoms with Crippen molar-refractivity contribution in [1.29, 1.82) is 0 Å². The molecule has 4 bridgehead atoms. The second-order valence-corrected chi connectivity index (χ2v) is 9.35. The number of amides is 1. The Hall–Kier alpha value is -1.11. The number of fused-ring (bicyclic) bond motifs is 1. The van der Waals surface area contributed by atoms with Crippen molar-refractivity contribution >= 4 is 5.91 Å². The van der Waals surface area contributed by atoms with Crippen LogP contribution in [-0.2, 0) is 4.79 Å². The van der Waals surface area contributed by atoms with Crippen LogP contribution in [0.1, 0.15) is 58.3 Å². The number of carbonyl (C=O) groups is 1. The molecule has 0 aromatic heterocycles. The van der Waals surface area contributed by atoms with Gasteiger partial charge in [0.1, 0.15) is 5.67 Å². The molecule has 0 spiro atoms. The highest BCUT2D eigenvalue weighted by Gasteiger charge is 2.64. The summed E-state index contributed by atoms with van der Waals surface area (Å²) in [6.07, 6.45) is 6.98. The van der Waals surface area contributed by atoms with Crippen LogP contribution in [-0.4, -0.2) is 28.7 Å². The molecule has 6 aliphatic rings. The van der Waals surface area contributed by atoms with Gasteiger partial charge in [0, 0.05) is 18.4 Å². The fourth-order valence-corrected chi connectivity index (χ4v) is 7.07.